The lowest BCUT2D eigenvalue weighted by Crippen LogP contribution is -2.33. The molecule has 16 heavy (non-hydrogen) atoms. The van der Waals surface area contributed by atoms with Crippen molar-refractivity contribution < 1.29 is 0 Å². The highest BCUT2D eigenvalue weighted by Crippen LogP contribution is 2.25. The summed E-state index contributed by atoms with van der Waals surface area (Å²) < 4.78 is 1.22. The molecule has 0 unspecified atom stereocenters. The van der Waals surface area contributed by atoms with Crippen molar-refractivity contribution in [2.45, 2.75) is 32.4 Å². The minimum absolute atomic E-state index is 0.891. The van der Waals surface area contributed by atoms with Crippen molar-refractivity contribution in [3.05, 3.63) is 20.8 Å². The lowest BCUT2D eigenvalue weighted by atomic mass is 10.3. The third-order valence-electron chi connectivity index (χ3n) is 3.00. The summed E-state index contributed by atoms with van der Waals surface area (Å²) in [6.07, 6.45) is 2.82. The van der Waals surface area contributed by atoms with Crippen LogP contribution in [0.25, 0.3) is 0 Å². The van der Waals surface area contributed by atoms with Crippen LogP contribution in [0.15, 0.2) is 15.2 Å². The lowest BCUT2D eigenvalue weighted by molar-refractivity contribution is 0.277. The first-order valence-electron chi connectivity index (χ1n) is 5.97. The molecule has 0 amide bonds. The average molecular weight is 303 g/mol. The Morgan fingerprint density at radius 1 is 1.56 bits per heavy atom. The number of likely N-dealkylation sites (N-methyl/N-ethyl adjacent to an activating group) is 1. The molecule has 1 N–H and O–H groups in total. The third-order valence-corrected chi connectivity index (χ3v) is 4.55. The topological polar surface area (TPSA) is 15.3 Å². The molecule has 0 spiro atoms. The minimum Gasteiger partial charge on any atom is -0.311 e. The number of nitrogens with zero attached hydrogens (tertiary/aromatic N) is 1. The fourth-order valence-corrected chi connectivity index (χ4v) is 3.14. The van der Waals surface area contributed by atoms with E-state index in [1.54, 1.807) is 11.3 Å². The first-order chi connectivity index (χ1) is 7.79. The van der Waals surface area contributed by atoms with E-state index in [0.717, 1.165) is 19.1 Å². The van der Waals surface area contributed by atoms with Crippen molar-refractivity contribution in [3.63, 3.8) is 0 Å². The van der Waals surface area contributed by atoms with E-state index in [0.29, 0.717) is 0 Å². The van der Waals surface area contributed by atoms with Crippen LogP contribution in [0, 0.1) is 0 Å². The lowest BCUT2D eigenvalue weighted by Gasteiger charge is -2.19. The Hall–Kier alpha value is 0.100. The number of hydrogen-bond acceptors (Lipinski definition) is 3. The predicted molar refractivity (Wildman–Crippen MR) is 74.0 cm³/mol. The summed E-state index contributed by atoms with van der Waals surface area (Å²) in [7, 11) is 0. The van der Waals surface area contributed by atoms with Crippen LogP contribution in [-0.2, 0) is 6.54 Å². The summed E-state index contributed by atoms with van der Waals surface area (Å²) in [6, 6.07) is 3.08. The summed E-state index contributed by atoms with van der Waals surface area (Å²) in [6.45, 7) is 6.72. The van der Waals surface area contributed by atoms with Crippen molar-refractivity contribution in [1.82, 2.24) is 10.2 Å². The van der Waals surface area contributed by atoms with Crippen molar-refractivity contribution in [2.24, 2.45) is 0 Å². The maximum Gasteiger partial charge on any atom is 0.0701 e. The standard InChI is InChI=1S/C12H19BrN2S/c1-2-15(11-3-4-11)6-5-14-8-10-7-12(13)16-9-10/h7,9,11,14H,2-6,8H2,1H3. The molecule has 0 aliphatic heterocycles. The van der Waals surface area contributed by atoms with Crippen LogP contribution in [0.3, 0.4) is 0 Å². The van der Waals surface area contributed by atoms with Gasteiger partial charge in [-0.25, -0.2) is 0 Å². The zero-order valence-corrected chi connectivity index (χ0v) is 12.1. The summed E-state index contributed by atoms with van der Waals surface area (Å²) in [4.78, 5) is 2.58. The second-order valence-corrected chi connectivity index (χ2v) is 6.59. The van der Waals surface area contributed by atoms with Crippen LogP contribution in [0.1, 0.15) is 25.3 Å². The summed E-state index contributed by atoms with van der Waals surface area (Å²) >= 11 is 5.24. The van der Waals surface area contributed by atoms with E-state index in [9.17, 15) is 0 Å². The zero-order valence-electron chi connectivity index (χ0n) is 9.71. The number of nitrogens with one attached hydrogen (secondary N) is 1. The maximum atomic E-state index is 3.51. The number of rotatable bonds is 7. The molecule has 1 aromatic rings. The molecule has 0 atom stereocenters. The van der Waals surface area contributed by atoms with Gasteiger partial charge in [-0.1, -0.05) is 6.92 Å². The molecule has 2 rings (SSSR count). The van der Waals surface area contributed by atoms with E-state index >= 15 is 0 Å². The summed E-state index contributed by atoms with van der Waals surface area (Å²) in [5.74, 6) is 0. The van der Waals surface area contributed by atoms with Gasteiger partial charge in [0.2, 0.25) is 0 Å². The Balaban J connectivity index is 1.60. The molecule has 1 aliphatic carbocycles. The molecule has 90 valence electrons. The van der Waals surface area contributed by atoms with Gasteiger partial charge in [-0.15, -0.1) is 11.3 Å². The SMILES string of the molecule is CCN(CCNCc1csc(Br)c1)C1CC1. The molecule has 2 nitrogen and oxygen atoms in total. The first-order valence-corrected chi connectivity index (χ1v) is 7.64. The fraction of sp³-hybridized carbons (Fsp3) is 0.667. The average Bonchev–Trinajstić information content (AvgIpc) is 3.03. The molecule has 0 saturated heterocycles. The van der Waals surface area contributed by atoms with Crippen molar-refractivity contribution in [2.75, 3.05) is 19.6 Å². The minimum atomic E-state index is 0.891. The smallest absolute Gasteiger partial charge is 0.0701 e. The summed E-state index contributed by atoms with van der Waals surface area (Å²) in [5, 5.41) is 5.71. The highest BCUT2D eigenvalue weighted by atomic mass is 79.9. The Kier molecular flexibility index (Phi) is 4.82. The number of thiophene rings is 1. The Bertz CT molecular complexity index is 323. The molecule has 4 heteroatoms. The quantitative estimate of drug-likeness (QED) is 0.779. The molecule has 1 fully saturated rings. The van der Waals surface area contributed by atoms with Crippen molar-refractivity contribution in [3.8, 4) is 0 Å². The largest absolute Gasteiger partial charge is 0.311 e. The van der Waals surface area contributed by atoms with Crippen LogP contribution in [-0.4, -0.2) is 30.6 Å². The van der Waals surface area contributed by atoms with Crippen molar-refractivity contribution >= 4 is 27.3 Å². The Labute approximate surface area is 110 Å². The second kappa shape index (κ2) is 6.15. The molecule has 1 aromatic heterocycles. The summed E-state index contributed by atoms with van der Waals surface area (Å²) in [5.41, 5.74) is 1.38. The molecule has 1 aliphatic rings. The molecule has 0 aromatic carbocycles. The van der Waals surface area contributed by atoms with Crippen molar-refractivity contribution in [1.29, 1.82) is 0 Å². The van der Waals surface area contributed by atoms with E-state index in [-0.39, 0.29) is 0 Å². The van der Waals surface area contributed by atoms with Gasteiger partial charge in [0.05, 0.1) is 3.79 Å². The Morgan fingerprint density at radius 2 is 2.38 bits per heavy atom. The predicted octanol–water partition coefficient (Wildman–Crippen LogP) is 3.08. The van der Waals surface area contributed by atoms with E-state index in [1.165, 1.54) is 35.3 Å². The van der Waals surface area contributed by atoms with Crippen LogP contribution < -0.4 is 5.32 Å². The van der Waals surface area contributed by atoms with Gasteiger partial charge in [-0.05, 0) is 52.3 Å². The first kappa shape index (κ1) is 12.6. The molecule has 1 heterocycles. The number of hydrogen-bond donors (Lipinski definition) is 1. The van der Waals surface area contributed by atoms with Gasteiger partial charge in [-0.3, -0.25) is 4.90 Å². The zero-order chi connectivity index (χ0) is 11.4. The molecule has 1 saturated carbocycles. The van der Waals surface area contributed by atoms with E-state index < -0.39 is 0 Å². The van der Waals surface area contributed by atoms with Gasteiger partial charge >= 0.3 is 0 Å². The van der Waals surface area contributed by atoms with E-state index in [4.69, 9.17) is 0 Å². The molecule has 0 bridgehead atoms. The van der Waals surface area contributed by atoms with Gasteiger partial charge < -0.3 is 5.32 Å². The molecular weight excluding hydrogens is 284 g/mol. The second-order valence-electron chi connectivity index (χ2n) is 4.30. The highest BCUT2D eigenvalue weighted by Gasteiger charge is 2.26. The van der Waals surface area contributed by atoms with Gasteiger partial charge in [0.1, 0.15) is 0 Å². The van der Waals surface area contributed by atoms with Gasteiger partial charge in [0, 0.05) is 25.7 Å². The van der Waals surface area contributed by atoms with Crippen LogP contribution >= 0.6 is 27.3 Å². The third kappa shape index (κ3) is 3.84. The maximum absolute atomic E-state index is 3.51. The van der Waals surface area contributed by atoms with Gasteiger partial charge in [0.15, 0.2) is 0 Å². The monoisotopic (exact) mass is 302 g/mol. The van der Waals surface area contributed by atoms with Gasteiger partial charge in [-0.2, -0.15) is 0 Å². The fourth-order valence-electron chi connectivity index (χ4n) is 1.93. The normalized spacial score (nSPS) is 15.9. The van der Waals surface area contributed by atoms with Gasteiger partial charge in [0.25, 0.3) is 0 Å². The van der Waals surface area contributed by atoms with Crippen LogP contribution in [0.5, 0.6) is 0 Å². The number of halogens is 1. The Morgan fingerprint density at radius 3 is 2.94 bits per heavy atom. The molecule has 0 radical (unpaired) electrons. The van der Waals surface area contributed by atoms with E-state index in [2.05, 4.69) is 44.5 Å². The van der Waals surface area contributed by atoms with Crippen LogP contribution in [0.4, 0.5) is 0 Å². The van der Waals surface area contributed by atoms with E-state index in [1.807, 2.05) is 0 Å². The highest BCUT2D eigenvalue weighted by molar-refractivity contribution is 9.11. The van der Waals surface area contributed by atoms with Crippen LogP contribution in [0.2, 0.25) is 0 Å². The molecular formula is C12H19BrN2S.